The Balaban J connectivity index is 2.70. The molecule has 1 atom stereocenters. The van der Waals surface area contributed by atoms with E-state index in [4.69, 9.17) is 5.26 Å². The summed E-state index contributed by atoms with van der Waals surface area (Å²) in [7, 11) is 1.89. The number of nitriles is 1. The summed E-state index contributed by atoms with van der Waals surface area (Å²) in [6.45, 7) is 2.47. The van der Waals surface area contributed by atoms with Gasteiger partial charge in [0.05, 0.1) is 12.5 Å². The van der Waals surface area contributed by atoms with Crippen LogP contribution in [0.4, 0.5) is 4.39 Å². The molecular weight excluding hydrogens is 271 g/mol. The van der Waals surface area contributed by atoms with Crippen molar-refractivity contribution in [2.24, 2.45) is 0 Å². The molecule has 16 heavy (non-hydrogen) atoms. The predicted octanol–water partition coefficient (Wildman–Crippen LogP) is 3.32. The standard InChI is InChI=1S/C12H14BrFN2/c1-9(5-6-15)16(2)8-10-3-4-11(13)7-12(10)14/h3-4,7,9H,5,8H2,1-2H3. The summed E-state index contributed by atoms with van der Waals surface area (Å²) >= 11 is 3.22. The van der Waals surface area contributed by atoms with Gasteiger partial charge in [-0.1, -0.05) is 22.0 Å². The molecule has 0 radical (unpaired) electrons. The SMILES string of the molecule is CC(CC#N)N(C)Cc1ccc(Br)cc1F. The molecule has 0 aliphatic rings. The molecule has 0 bridgehead atoms. The van der Waals surface area contributed by atoms with Crippen LogP contribution in [0, 0.1) is 17.1 Å². The van der Waals surface area contributed by atoms with E-state index in [1.54, 1.807) is 6.07 Å². The zero-order valence-electron chi connectivity index (χ0n) is 9.37. The zero-order chi connectivity index (χ0) is 12.1. The third-order valence-electron chi connectivity index (χ3n) is 2.57. The first kappa shape index (κ1) is 13.1. The van der Waals surface area contributed by atoms with E-state index >= 15 is 0 Å². The quantitative estimate of drug-likeness (QED) is 0.848. The highest BCUT2D eigenvalue weighted by Crippen LogP contribution is 2.17. The summed E-state index contributed by atoms with van der Waals surface area (Å²) in [6.07, 6.45) is 0.453. The summed E-state index contributed by atoms with van der Waals surface area (Å²) in [5.74, 6) is -0.217. The molecule has 86 valence electrons. The minimum atomic E-state index is -0.217. The third-order valence-corrected chi connectivity index (χ3v) is 3.07. The Labute approximate surface area is 104 Å². The van der Waals surface area contributed by atoms with Gasteiger partial charge < -0.3 is 0 Å². The lowest BCUT2D eigenvalue weighted by Gasteiger charge is -2.22. The van der Waals surface area contributed by atoms with Crippen LogP contribution in [0.25, 0.3) is 0 Å². The van der Waals surface area contributed by atoms with Crippen LogP contribution in [0.15, 0.2) is 22.7 Å². The molecule has 1 aromatic carbocycles. The van der Waals surface area contributed by atoms with Crippen molar-refractivity contribution in [1.82, 2.24) is 4.90 Å². The van der Waals surface area contributed by atoms with Crippen molar-refractivity contribution >= 4 is 15.9 Å². The van der Waals surface area contributed by atoms with Gasteiger partial charge in [-0.15, -0.1) is 0 Å². The molecular formula is C12H14BrFN2. The maximum absolute atomic E-state index is 13.5. The van der Waals surface area contributed by atoms with Crippen LogP contribution in [-0.4, -0.2) is 18.0 Å². The lowest BCUT2D eigenvalue weighted by atomic mass is 10.1. The van der Waals surface area contributed by atoms with E-state index in [2.05, 4.69) is 22.0 Å². The van der Waals surface area contributed by atoms with Gasteiger partial charge in [0.25, 0.3) is 0 Å². The van der Waals surface area contributed by atoms with Crippen molar-refractivity contribution in [3.8, 4) is 6.07 Å². The highest BCUT2D eigenvalue weighted by Gasteiger charge is 2.11. The topological polar surface area (TPSA) is 27.0 Å². The molecule has 0 spiro atoms. The van der Waals surface area contributed by atoms with Gasteiger partial charge in [0.15, 0.2) is 0 Å². The molecule has 0 aromatic heterocycles. The van der Waals surface area contributed by atoms with E-state index in [1.807, 2.05) is 24.9 Å². The van der Waals surface area contributed by atoms with E-state index in [-0.39, 0.29) is 11.9 Å². The van der Waals surface area contributed by atoms with Crippen LogP contribution in [0.3, 0.4) is 0 Å². The number of nitrogens with zero attached hydrogens (tertiary/aromatic N) is 2. The van der Waals surface area contributed by atoms with Gasteiger partial charge >= 0.3 is 0 Å². The van der Waals surface area contributed by atoms with Crippen molar-refractivity contribution in [2.75, 3.05) is 7.05 Å². The normalized spacial score (nSPS) is 12.5. The summed E-state index contributed by atoms with van der Waals surface area (Å²) in [5.41, 5.74) is 0.649. The Hall–Kier alpha value is -0.920. The van der Waals surface area contributed by atoms with Gasteiger partial charge in [0, 0.05) is 22.6 Å². The van der Waals surface area contributed by atoms with Gasteiger partial charge in [0.1, 0.15) is 5.82 Å². The number of rotatable bonds is 4. The second-order valence-corrected chi connectivity index (χ2v) is 4.78. The van der Waals surface area contributed by atoms with Crippen molar-refractivity contribution in [1.29, 1.82) is 5.26 Å². The minimum Gasteiger partial charge on any atom is -0.298 e. The number of benzene rings is 1. The Kier molecular flexibility index (Phi) is 4.91. The fourth-order valence-corrected chi connectivity index (χ4v) is 1.70. The van der Waals surface area contributed by atoms with Gasteiger partial charge in [-0.2, -0.15) is 5.26 Å². The Morgan fingerprint density at radius 1 is 1.56 bits per heavy atom. The van der Waals surface area contributed by atoms with Crippen molar-refractivity contribution in [2.45, 2.75) is 25.9 Å². The molecule has 0 fully saturated rings. The van der Waals surface area contributed by atoms with Gasteiger partial charge in [-0.25, -0.2) is 4.39 Å². The maximum Gasteiger partial charge on any atom is 0.128 e. The van der Waals surface area contributed by atoms with Crippen LogP contribution in [-0.2, 0) is 6.54 Å². The molecule has 4 heteroatoms. The van der Waals surface area contributed by atoms with Crippen LogP contribution >= 0.6 is 15.9 Å². The highest BCUT2D eigenvalue weighted by molar-refractivity contribution is 9.10. The molecule has 2 nitrogen and oxygen atoms in total. The largest absolute Gasteiger partial charge is 0.298 e. The molecule has 0 saturated heterocycles. The molecule has 0 N–H and O–H groups in total. The van der Waals surface area contributed by atoms with Crippen LogP contribution < -0.4 is 0 Å². The maximum atomic E-state index is 13.5. The molecule has 1 rings (SSSR count). The lowest BCUT2D eigenvalue weighted by Crippen LogP contribution is -2.28. The van der Waals surface area contributed by atoms with E-state index in [0.29, 0.717) is 18.5 Å². The van der Waals surface area contributed by atoms with E-state index in [9.17, 15) is 4.39 Å². The predicted molar refractivity (Wildman–Crippen MR) is 65.3 cm³/mol. The average Bonchev–Trinajstić information content (AvgIpc) is 2.22. The molecule has 0 amide bonds. The number of hydrogen-bond donors (Lipinski definition) is 0. The number of halogens is 2. The third kappa shape index (κ3) is 3.58. The first-order valence-corrected chi connectivity index (χ1v) is 5.85. The molecule has 0 aliphatic heterocycles. The van der Waals surface area contributed by atoms with E-state index in [1.165, 1.54) is 6.07 Å². The Morgan fingerprint density at radius 3 is 2.81 bits per heavy atom. The summed E-state index contributed by atoms with van der Waals surface area (Å²) < 4.78 is 14.3. The molecule has 0 saturated carbocycles. The first-order valence-electron chi connectivity index (χ1n) is 5.05. The van der Waals surface area contributed by atoms with Crippen molar-refractivity contribution in [3.63, 3.8) is 0 Å². The van der Waals surface area contributed by atoms with Crippen molar-refractivity contribution < 1.29 is 4.39 Å². The Bertz CT molecular complexity index is 400. The highest BCUT2D eigenvalue weighted by atomic mass is 79.9. The van der Waals surface area contributed by atoms with E-state index < -0.39 is 0 Å². The summed E-state index contributed by atoms with van der Waals surface area (Å²) in [4.78, 5) is 1.97. The summed E-state index contributed by atoms with van der Waals surface area (Å²) in [6, 6.07) is 7.28. The average molecular weight is 285 g/mol. The Morgan fingerprint density at radius 2 is 2.25 bits per heavy atom. The second kappa shape index (κ2) is 5.97. The molecule has 1 unspecified atom stereocenters. The van der Waals surface area contributed by atoms with Crippen LogP contribution in [0.5, 0.6) is 0 Å². The van der Waals surface area contributed by atoms with Crippen molar-refractivity contribution in [3.05, 3.63) is 34.1 Å². The van der Waals surface area contributed by atoms with Gasteiger partial charge in [-0.05, 0) is 26.1 Å². The molecule has 1 aromatic rings. The molecule has 0 aliphatic carbocycles. The van der Waals surface area contributed by atoms with Crippen LogP contribution in [0.1, 0.15) is 18.9 Å². The monoisotopic (exact) mass is 284 g/mol. The van der Waals surface area contributed by atoms with Crippen LogP contribution in [0.2, 0.25) is 0 Å². The molecule has 0 heterocycles. The van der Waals surface area contributed by atoms with E-state index in [0.717, 1.165) is 4.47 Å². The fraction of sp³-hybridized carbons (Fsp3) is 0.417. The first-order chi connectivity index (χ1) is 7.54. The smallest absolute Gasteiger partial charge is 0.128 e. The van der Waals surface area contributed by atoms with Gasteiger partial charge in [0.2, 0.25) is 0 Å². The second-order valence-electron chi connectivity index (χ2n) is 3.86. The number of hydrogen-bond acceptors (Lipinski definition) is 2. The fourth-order valence-electron chi connectivity index (χ4n) is 1.36. The lowest BCUT2D eigenvalue weighted by molar-refractivity contribution is 0.249. The zero-order valence-corrected chi connectivity index (χ0v) is 11.0. The summed E-state index contributed by atoms with van der Waals surface area (Å²) in [5, 5.41) is 8.59. The minimum absolute atomic E-state index is 0.132. The van der Waals surface area contributed by atoms with Gasteiger partial charge in [-0.3, -0.25) is 4.90 Å².